The Kier molecular flexibility index (Phi) is 3.58. The number of aliphatic hydroxyl groups is 1. The van der Waals surface area contributed by atoms with E-state index in [0.717, 1.165) is 22.2 Å². The molecule has 0 fully saturated rings. The first-order chi connectivity index (χ1) is 7.70. The van der Waals surface area contributed by atoms with Gasteiger partial charge in [-0.3, -0.25) is 0 Å². The number of hydrogen-bond acceptors (Lipinski definition) is 5. The standard InChI is InChI=1S/C11H14N2OS2/c1-8-10(7-14)16-11(12-8)13(2)6-9-4-3-5-15-9/h3-5,14H,6-7H2,1-2H3. The van der Waals surface area contributed by atoms with Crippen molar-refractivity contribution in [1.82, 2.24) is 4.98 Å². The van der Waals surface area contributed by atoms with Gasteiger partial charge in [-0.15, -0.1) is 11.3 Å². The van der Waals surface area contributed by atoms with Gasteiger partial charge in [0.2, 0.25) is 0 Å². The van der Waals surface area contributed by atoms with Crippen molar-refractivity contribution in [3.05, 3.63) is 33.0 Å². The quantitative estimate of drug-likeness (QED) is 0.911. The lowest BCUT2D eigenvalue weighted by Gasteiger charge is -2.13. The van der Waals surface area contributed by atoms with E-state index in [1.54, 1.807) is 22.7 Å². The van der Waals surface area contributed by atoms with E-state index < -0.39 is 0 Å². The van der Waals surface area contributed by atoms with E-state index in [-0.39, 0.29) is 6.61 Å². The van der Waals surface area contributed by atoms with Crippen LogP contribution in [-0.2, 0) is 13.2 Å². The van der Waals surface area contributed by atoms with Crippen molar-refractivity contribution in [2.45, 2.75) is 20.1 Å². The lowest BCUT2D eigenvalue weighted by molar-refractivity contribution is 0.284. The number of nitrogens with zero attached hydrogens (tertiary/aromatic N) is 2. The number of rotatable bonds is 4. The highest BCUT2D eigenvalue weighted by Crippen LogP contribution is 2.26. The third-order valence-electron chi connectivity index (χ3n) is 2.32. The lowest BCUT2D eigenvalue weighted by atomic mass is 10.4. The van der Waals surface area contributed by atoms with Gasteiger partial charge in [-0.25, -0.2) is 4.98 Å². The van der Waals surface area contributed by atoms with Crippen molar-refractivity contribution < 1.29 is 5.11 Å². The Labute approximate surface area is 103 Å². The van der Waals surface area contributed by atoms with Gasteiger partial charge in [-0.1, -0.05) is 17.4 Å². The number of hydrogen-bond donors (Lipinski definition) is 1. The van der Waals surface area contributed by atoms with Crippen LogP contribution in [0.4, 0.5) is 5.13 Å². The summed E-state index contributed by atoms with van der Waals surface area (Å²) in [5.74, 6) is 0. The molecule has 0 aliphatic carbocycles. The molecule has 0 saturated heterocycles. The monoisotopic (exact) mass is 254 g/mol. The zero-order valence-corrected chi connectivity index (χ0v) is 10.9. The topological polar surface area (TPSA) is 36.4 Å². The van der Waals surface area contributed by atoms with Crippen molar-refractivity contribution in [1.29, 1.82) is 0 Å². The zero-order chi connectivity index (χ0) is 11.5. The van der Waals surface area contributed by atoms with Crippen LogP contribution >= 0.6 is 22.7 Å². The molecule has 2 heterocycles. The molecular formula is C11H14N2OS2. The van der Waals surface area contributed by atoms with E-state index in [1.165, 1.54) is 4.88 Å². The molecule has 0 radical (unpaired) electrons. The highest BCUT2D eigenvalue weighted by Gasteiger charge is 2.10. The minimum absolute atomic E-state index is 0.0797. The summed E-state index contributed by atoms with van der Waals surface area (Å²) < 4.78 is 0. The Hall–Kier alpha value is -0.910. The number of thiazole rings is 1. The van der Waals surface area contributed by atoms with Gasteiger partial charge in [0, 0.05) is 11.9 Å². The molecule has 0 aliphatic heterocycles. The zero-order valence-electron chi connectivity index (χ0n) is 9.30. The van der Waals surface area contributed by atoms with Crippen LogP contribution in [0.25, 0.3) is 0 Å². The second-order valence-electron chi connectivity index (χ2n) is 3.60. The SMILES string of the molecule is Cc1nc(N(C)Cc2cccs2)sc1CO. The minimum atomic E-state index is 0.0797. The smallest absolute Gasteiger partial charge is 0.185 e. The van der Waals surface area contributed by atoms with Crippen molar-refractivity contribution in [3.63, 3.8) is 0 Å². The predicted octanol–water partition coefficient (Wildman–Crippen LogP) is 2.64. The van der Waals surface area contributed by atoms with Crippen LogP contribution in [0.15, 0.2) is 17.5 Å². The summed E-state index contributed by atoms with van der Waals surface area (Å²) in [6, 6.07) is 4.18. The summed E-state index contributed by atoms with van der Waals surface area (Å²) >= 11 is 3.31. The maximum Gasteiger partial charge on any atom is 0.185 e. The molecule has 0 saturated carbocycles. The maximum absolute atomic E-state index is 9.12. The fraction of sp³-hybridized carbons (Fsp3) is 0.364. The number of aliphatic hydroxyl groups excluding tert-OH is 1. The summed E-state index contributed by atoms with van der Waals surface area (Å²) in [4.78, 5) is 8.84. The fourth-order valence-electron chi connectivity index (χ4n) is 1.43. The summed E-state index contributed by atoms with van der Waals surface area (Å²) in [5.41, 5.74) is 0.931. The van der Waals surface area contributed by atoms with E-state index >= 15 is 0 Å². The number of thiophene rings is 1. The maximum atomic E-state index is 9.12. The molecule has 86 valence electrons. The van der Waals surface area contributed by atoms with Gasteiger partial charge in [0.25, 0.3) is 0 Å². The van der Waals surface area contributed by atoms with Crippen LogP contribution in [0, 0.1) is 6.92 Å². The summed E-state index contributed by atoms with van der Waals surface area (Å²) in [5, 5.41) is 12.2. The molecule has 0 aliphatic rings. The number of aromatic nitrogens is 1. The van der Waals surface area contributed by atoms with Gasteiger partial charge in [0.15, 0.2) is 5.13 Å². The molecule has 0 spiro atoms. The predicted molar refractivity (Wildman–Crippen MR) is 69.2 cm³/mol. The van der Waals surface area contributed by atoms with Crippen molar-refractivity contribution in [2.75, 3.05) is 11.9 Å². The van der Waals surface area contributed by atoms with Crippen LogP contribution in [0.5, 0.6) is 0 Å². The normalized spacial score (nSPS) is 10.7. The number of aryl methyl sites for hydroxylation is 1. The van der Waals surface area contributed by atoms with Gasteiger partial charge in [-0.2, -0.15) is 0 Å². The van der Waals surface area contributed by atoms with E-state index in [4.69, 9.17) is 5.11 Å². The molecule has 1 N–H and O–H groups in total. The van der Waals surface area contributed by atoms with E-state index in [0.29, 0.717) is 0 Å². The highest BCUT2D eigenvalue weighted by molar-refractivity contribution is 7.15. The van der Waals surface area contributed by atoms with Gasteiger partial charge in [-0.05, 0) is 18.4 Å². The van der Waals surface area contributed by atoms with Crippen LogP contribution < -0.4 is 4.90 Å². The Morgan fingerprint density at radius 3 is 2.88 bits per heavy atom. The second-order valence-corrected chi connectivity index (χ2v) is 5.69. The van der Waals surface area contributed by atoms with E-state index in [1.807, 2.05) is 14.0 Å². The van der Waals surface area contributed by atoms with Gasteiger partial charge in [0.1, 0.15) is 0 Å². The molecule has 0 atom stereocenters. The molecule has 2 aromatic rings. The van der Waals surface area contributed by atoms with Crippen LogP contribution in [0.1, 0.15) is 15.4 Å². The molecule has 5 heteroatoms. The Morgan fingerprint density at radius 1 is 1.50 bits per heavy atom. The summed E-state index contributed by atoms with van der Waals surface area (Å²) in [6.07, 6.45) is 0. The fourth-order valence-corrected chi connectivity index (χ4v) is 3.07. The van der Waals surface area contributed by atoms with Crippen LogP contribution in [-0.4, -0.2) is 17.1 Å². The molecule has 0 bridgehead atoms. The second kappa shape index (κ2) is 4.95. The molecule has 0 aromatic carbocycles. The Morgan fingerprint density at radius 2 is 2.31 bits per heavy atom. The molecule has 2 aromatic heterocycles. The molecule has 16 heavy (non-hydrogen) atoms. The summed E-state index contributed by atoms with van der Waals surface area (Å²) in [6.45, 7) is 2.89. The minimum Gasteiger partial charge on any atom is -0.391 e. The largest absolute Gasteiger partial charge is 0.391 e. The molecule has 0 amide bonds. The lowest BCUT2D eigenvalue weighted by Crippen LogP contribution is -2.15. The third-order valence-corrected chi connectivity index (χ3v) is 4.44. The van der Waals surface area contributed by atoms with Crippen molar-refractivity contribution in [2.24, 2.45) is 0 Å². The molecular weight excluding hydrogens is 240 g/mol. The van der Waals surface area contributed by atoms with Gasteiger partial charge in [0.05, 0.1) is 23.7 Å². The van der Waals surface area contributed by atoms with E-state index in [2.05, 4.69) is 27.4 Å². The Bertz CT molecular complexity index is 451. The van der Waals surface area contributed by atoms with Gasteiger partial charge >= 0.3 is 0 Å². The van der Waals surface area contributed by atoms with Crippen LogP contribution in [0.2, 0.25) is 0 Å². The first kappa shape index (κ1) is 11.6. The van der Waals surface area contributed by atoms with Crippen LogP contribution in [0.3, 0.4) is 0 Å². The van der Waals surface area contributed by atoms with Gasteiger partial charge < -0.3 is 10.0 Å². The average molecular weight is 254 g/mol. The average Bonchev–Trinajstić information content (AvgIpc) is 2.87. The first-order valence-electron chi connectivity index (χ1n) is 5.01. The highest BCUT2D eigenvalue weighted by atomic mass is 32.1. The van der Waals surface area contributed by atoms with E-state index in [9.17, 15) is 0 Å². The van der Waals surface area contributed by atoms with Crippen molar-refractivity contribution >= 4 is 27.8 Å². The molecule has 3 nitrogen and oxygen atoms in total. The first-order valence-corrected chi connectivity index (χ1v) is 6.71. The van der Waals surface area contributed by atoms with Crippen molar-refractivity contribution in [3.8, 4) is 0 Å². The Balaban J connectivity index is 2.11. The summed E-state index contributed by atoms with van der Waals surface area (Å²) in [7, 11) is 2.03. The number of anilines is 1. The third kappa shape index (κ3) is 2.42. The molecule has 2 rings (SSSR count). The molecule has 0 unspecified atom stereocenters.